The van der Waals surface area contributed by atoms with Gasteiger partial charge in [-0.1, -0.05) is 12.8 Å². The molecule has 2 fully saturated rings. The van der Waals surface area contributed by atoms with Gasteiger partial charge >= 0.3 is 5.97 Å². The highest BCUT2D eigenvalue weighted by molar-refractivity contribution is 7.11. The Morgan fingerprint density at radius 3 is 3.00 bits per heavy atom. The van der Waals surface area contributed by atoms with Crippen LogP contribution < -0.4 is 0 Å². The largest absolute Gasteiger partial charge is 0.480 e. The van der Waals surface area contributed by atoms with Gasteiger partial charge in [-0.25, -0.2) is 4.98 Å². The summed E-state index contributed by atoms with van der Waals surface area (Å²) < 4.78 is 0. The molecular weight excluding hydrogens is 260 g/mol. The summed E-state index contributed by atoms with van der Waals surface area (Å²) in [7, 11) is 0. The second-order valence-corrected chi connectivity index (χ2v) is 7.04. The van der Waals surface area contributed by atoms with E-state index in [-0.39, 0.29) is 6.04 Å². The lowest BCUT2D eigenvalue weighted by molar-refractivity contribution is -0.142. The van der Waals surface area contributed by atoms with Crippen molar-refractivity contribution >= 4 is 17.3 Å². The van der Waals surface area contributed by atoms with Crippen LogP contribution in [0.2, 0.25) is 0 Å². The monoisotopic (exact) mass is 280 g/mol. The van der Waals surface area contributed by atoms with E-state index in [1.807, 2.05) is 13.1 Å². The third kappa shape index (κ3) is 2.54. The zero-order chi connectivity index (χ0) is 13.4. The van der Waals surface area contributed by atoms with Gasteiger partial charge in [-0.05, 0) is 32.1 Å². The van der Waals surface area contributed by atoms with Crippen LogP contribution >= 0.6 is 11.3 Å². The molecule has 3 unspecified atom stereocenters. The number of carbonyl (C=O) groups is 1. The van der Waals surface area contributed by atoms with Crippen molar-refractivity contribution < 1.29 is 9.90 Å². The number of carboxylic acids is 1. The van der Waals surface area contributed by atoms with E-state index in [1.165, 1.54) is 24.1 Å². The first kappa shape index (κ1) is 13.1. The molecule has 0 amide bonds. The summed E-state index contributed by atoms with van der Waals surface area (Å²) in [5, 5.41) is 10.5. The van der Waals surface area contributed by atoms with Crippen molar-refractivity contribution in [1.82, 2.24) is 9.88 Å². The van der Waals surface area contributed by atoms with Crippen LogP contribution in [0.3, 0.4) is 0 Å². The van der Waals surface area contributed by atoms with Gasteiger partial charge < -0.3 is 5.11 Å². The molecule has 3 rings (SSSR count). The van der Waals surface area contributed by atoms with Gasteiger partial charge in [-0.2, -0.15) is 0 Å². The molecule has 1 aliphatic carbocycles. The highest BCUT2D eigenvalue weighted by Gasteiger charge is 2.45. The van der Waals surface area contributed by atoms with Gasteiger partial charge in [-0.15, -0.1) is 11.3 Å². The third-order valence-electron chi connectivity index (χ3n) is 4.51. The number of nitrogens with zero attached hydrogens (tertiary/aromatic N) is 2. The summed E-state index contributed by atoms with van der Waals surface area (Å²) in [4.78, 5) is 19.2. The number of likely N-dealkylation sites (tertiary alicyclic amines) is 1. The Labute approximate surface area is 117 Å². The van der Waals surface area contributed by atoms with Crippen molar-refractivity contribution in [3.05, 3.63) is 16.1 Å². The zero-order valence-electron chi connectivity index (χ0n) is 11.2. The van der Waals surface area contributed by atoms with Crippen LogP contribution in [0.4, 0.5) is 0 Å². The molecule has 0 radical (unpaired) electrons. The maximum Gasteiger partial charge on any atom is 0.320 e. The molecule has 4 nitrogen and oxygen atoms in total. The topological polar surface area (TPSA) is 53.4 Å². The molecule has 0 spiro atoms. The fourth-order valence-electron chi connectivity index (χ4n) is 3.68. The first-order valence-corrected chi connectivity index (χ1v) is 7.86. The number of hydrogen-bond donors (Lipinski definition) is 1. The smallest absolute Gasteiger partial charge is 0.320 e. The van der Waals surface area contributed by atoms with Crippen molar-refractivity contribution in [3.8, 4) is 0 Å². The lowest BCUT2D eigenvalue weighted by atomic mass is 9.85. The molecule has 1 saturated heterocycles. The molecule has 0 aromatic carbocycles. The van der Waals surface area contributed by atoms with Gasteiger partial charge in [0, 0.05) is 23.7 Å². The average molecular weight is 280 g/mol. The standard InChI is InChI=1S/C14H20N2O2S/c1-9-15-7-11(19-9)8-16-12-5-3-2-4-10(12)6-13(16)14(17)18/h7,10,12-13H,2-6,8H2,1H3,(H,17,18). The van der Waals surface area contributed by atoms with Crippen LogP contribution in [0, 0.1) is 12.8 Å². The summed E-state index contributed by atoms with van der Waals surface area (Å²) in [5.41, 5.74) is 0. The maximum atomic E-state index is 11.5. The van der Waals surface area contributed by atoms with Crippen LogP contribution in [0.1, 0.15) is 42.0 Å². The van der Waals surface area contributed by atoms with Gasteiger partial charge in [0.25, 0.3) is 0 Å². The van der Waals surface area contributed by atoms with Gasteiger partial charge in [0.1, 0.15) is 6.04 Å². The van der Waals surface area contributed by atoms with Crippen LogP contribution in [0.15, 0.2) is 6.20 Å². The molecule has 1 aliphatic heterocycles. The quantitative estimate of drug-likeness (QED) is 0.925. The fourth-order valence-corrected chi connectivity index (χ4v) is 4.49. The van der Waals surface area contributed by atoms with E-state index < -0.39 is 5.97 Å². The first-order valence-electron chi connectivity index (χ1n) is 7.05. The molecule has 0 bridgehead atoms. The number of thiazole rings is 1. The summed E-state index contributed by atoms with van der Waals surface area (Å²) in [5.74, 6) is -0.0699. The minimum absolute atomic E-state index is 0.296. The molecule has 5 heteroatoms. The van der Waals surface area contributed by atoms with E-state index in [9.17, 15) is 9.90 Å². The van der Waals surface area contributed by atoms with E-state index >= 15 is 0 Å². The number of aryl methyl sites for hydroxylation is 1. The van der Waals surface area contributed by atoms with Gasteiger partial charge in [0.15, 0.2) is 0 Å². The Morgan fingerprint density at radius 2 is 2.32 bits per heavy atom. The van der Waals surface area contributed by atoms with E-state index in [1.54, 1.807) is 11.3 Å². The minimum atomic E-state index is -0.657. The molecule has 2 aliphatic rings. The number of hydrogen-bond acceptors (Lipinski definition) is 4. The van der Waals surface area contributed by atoms with Crippen LogP contribution in [-0.4, -0.2) is 33.0 Å². The van der Waals surface area contributed by atoms with E-state index in [0.29, 0.717) is 12.0 Å². The Kier molecular flexibility index (Phi) is 3.58. The SMILES string of the molecule is Cc1ncc(CN2C(C(=O)O)CC3CCCCC32)s1. The second kappa shape index (κ2) is 5.21. The summed E-state index contributed by atoms with van der Waals surface area (Å²) in [6, 6.07) is 0.174. The van der Waals surface area contributed by atoms with Crippen molar-refractivity contribution in [2.24, 2.45) is 5.92 Å². The fraction of sp³-hybridized carbons (Fsp3) is 0.714. The minimum Gasteiger partial charge on any atom is -0.480 e. The molecule has 1 saturated carbocycles. The first-order chi connectivity index (χ1) is 9.15. The highest BCUT2D eigenvalue weighted by atomic mass is 32.1. The Balaban J connectivity index is 1.80. The zero-order valence-corrected chi connectivity index (χ0v) is 12.0. The van der Waals surface area contributed by atoms with E-state index in [4.69, 9.17) is 0 Å². The number of aliphatic carboxylic acids is 1. The summed E-state index contributed by atoms with van der Waals surface area (Å²) in [6.07, 6.45) is 7.60. The van der Waals surface area contributed by atoms with Crippen molar-refractivity contribution in [1.29, 1.82) is 0 Å². The third-order valence-corrected chi connectivity index (χ3v) is 5.41. The number of fused-ring (bicyclic) bond motifs is 1. The van der Waals surface area contributed by atoms with Crippen LogP contribution in [0.5, 0.6) is 0 Å². The van der Waals surface area contributed by atoms with Gasteiger partial charge in [-0.3, -0.25) is 9.69 Å². The second-order valence-electron chi connectivity index (χ2n) is 5.72. The Bertz CT molecular complexity index is 474. The molecular formula is C14H20N2O2S. The van der Waals surface area contributed by atoms with E-state index in [2.05, 4.69) is 9.88 Å². The van der Waals surface area contributed by atoms with Crippen molar-refractivity contribution in [2.75, 3.05) is 0 Å². The molecule has 104 valence electrons. The normalized spacial score (nSPS) is 31.3. The highest BCUT2D eigenvalue weighted by Crippen LogP contribution is 2.40. The van der Waals surface area contributed by atoms with Crippen LogP contribution in [0.25, 0.3) is 0 Å². The summed E-state index contributed by atoms with van der Waals surface area (Å²) >= 11 is 1.68. The lowest BCUT2D eigenvalue weighted by Gasteiger charge is -2.32. The average Bonchev–Trinajstić information content (AvgIpc) is 2.95. The summed E-state index contributed by atoms with van der Waals surface area (Å²) in [6.45, 7) is 2.75. The van der Waals surface area contributed by atoms with Gasteiger partial charge in [0.2, 0.25) is 0 Å². The predicted molar refractivity (Wildman–Crippen MR) is 74.2 cm³/mol. The molecule has 1 aromatic rings. The predicted octanol–water partition coefficient (Wildman–Crippen LogP) is 2.67. The molecule has 2 heterocycles. The molecule has 19 heavy (non-hydrogen) atoms. The number of rotatable bonds is 3. The molecule has 1 N–H and O–H groups in total. The van der Waals surface area contributed by atoms with Crippen molar-refractivity contribution in [3.63, 3.8) is 0 Å². The Morgan fingerprint density at radius 1 is 1.53 bits per heavy atom. The molecule has 3 atom stereocenters. The van der Waals surface area contributed by atoms with Crippen molar-refractivity contribution in [2.45, 2.75) is 57.7 Å². The molecule has 1 aromatic heterocycles. The number of carboxylic acid groups (broad SMARTS) is 1. The van der Waals surface area contributed by atoms with E-state index in [0.717, 1.165) is 24.4 Å². The van der Waals surface area contributed by atoms with Crippen LogP contribution in [-0.2, 0) is 11.3 Å². The van der Waals surface area contributed by atoms with Gasteiger partial charge in [0.05, 0.1) is 5.01 Å². The number of aromatic nitrogens is 1. The maximum absolute atomic E-state index is 11.5. The Hall–Kier alpha value is -0.940. The lowest BCUT2D eigenvalue weighted by Crippen LogP contribution is -2.41.